The van der Waals surface area contributed by atoms with Gasteiger partial charge in [-0.2, -0.15) is 0 Å². The molecule has 1 N–H and O–H groups in total. The number of rotatable bonds is 7. The molecule has 0 aliphatic rings. The summed E-state index contributed by atoms with van der Waals surface area (Å²) in [4.78, 5) is 22.0. The van der Waals surface area contributed by atoms with E-state index < -0.39 is 4.92 Å². The van der Waals surface area contributed by atoms with Crippen molar-refractivity contribution in [3.63, 3.8) is 0 Å². The lowest BCUT2D eigenvalue weighted by Crippen LogP contribution is -2.25. The van der Waals surface area contributed by atoms with Crippen molar-refractivity contribution in [1.82, 2.24) is 5.32 Å². The number of hydrogen-bond donors (Lipinski definition) is 1. The Morgan fingerprint density at radius 2 is 2.21 bits per heavy atom. The minimum absolute atomic E-state index is 0.0988. The first kappa shape index (κ1) is 15.7. The van der Waals surface area contributed by atoms with Crippen LogP contribution in [-0.4, -0.2) is 28.9 Å². The maximum atomic E-state index is 11.9. The van der Waals surface area contributed by atoms with E-state index in [0.717, 1.165) is 17.3 Å². The molecule has 0 fully saturated rings. The Labute approximate surface area is 124 Å². The molecule has 0 spiro atoms. The number of benzene rings is 1. The van der Waals surface area contributed by atoms with Crippen LogP contribution in [0.3, 0.4) is 0 Å². The molecule has 19 heavy (non-hydrogen) atoms. The van der Waals surface area contributed by atoms with Crippen LogP contribution in [0.4, 0.5) is 5.69 Å². The molecule has 104 valence electrons. The van der Waals surface area contributed by atoms with E-state index in [0.29, 0.717) is 12.1 Å². The number of ether oxygens (including phenoxy) is 1. The summed E-state index contributed by atoms with van der Waals surface area (Å²) in [5, 5.41) is 13.4. The molecular weight excluding hydrogens is 363 g/mol. The van der Waals surface area contributed by atoms with Gasteiger partial charge < -0.3 is 10.1 Å². The number of nitrogens with zero attached hydrogens (tertiary/aromatic N) is 1. The molecule has 0 aliphatic heterocycles. The monoisotopic (exact) mass is 378 g/mol. The predicted octanol–water partition coefficient (Wildman–Crippen LogP) is 2.55. The van der Waals surface area contributed by atoms with Crippen molar-refractivity contribution in [2.75, 3.05) is 18.1 Å². The van der Waals surface area contributed by atoms with Crippen LogP contribution in [0.25, 0.3) is 0 Å². The molecule has 7 heteroatoms. The van der Waals surface area contributed by atoms with Crippen LogP contribution in [0.2, 0.25) is 0 Å². The molecule has 0 aromatic heterocycles. The van der Waals surface area contributed by atoms with Gasteiger partial charge in [0.25, 0.3) is 11.6 Å². The number of methoxy groups -OCH3 is 1. The summed E-state index contributed by atoms with van der Waals surface area (Å²) in [6, 6.07) is 3.95. The summed E-state index contributed by atoms with van der Waals surface area (Å²) >= 11 is 2.28. The van der Waals surface area contributed by atoms with Gasteiger partial charge in [0.15, 0.2) is 0 Å². The molecule has 0 heterocycles. The first-order chi connectivity index (χ1) is 9.10. The van der Waals surface area contributed by atoms with Crippen LogP contribution in [0.15, 0.2) is 18.2 Å². The molecule has 0 atom stereocenters. The zero-order chi connectivity index (χ0) is 14.3. The SMILES string of the molecule is COc1cc([N+](=O)[O-])ccc1C(=O)NCCCCI. The lowest BCUT2D eigenvalue weighted by molar-refractivity contribution is -0.384. The van der Waals surface area contributed by atoms with Gasteiger partial charge in [0.2, 0.25) is 0 Å². The van der Waals surface area contributed by atoms with Crippen LogP contribution >= 0.6 is 22.6 Å². The lowest BCUT2D eigenvalue weighted by Gasteiger charge is -2.08. The van der Waals surface area contributed by atoms with Crippen molar-refractivity contribution in [3.8, 4) is 5.75 Å². The van der Waals surface area contributed by atoms with Crippen molar-refractivity contribution in [2.45, 2.75) is 12.8 Å². The molecule has 1 aromatic carbocycles. The van der Waals surface area contributed by atoms with E-state index in [2.05, 4.69) is 27.9 Å². The fourth-order valence-corrected chi connectivity index (χ4v) is 2.04. The van der Waals surface area contributed by atoms with E-state index >= 15 is 0 Å². The van der Waals surface area contributed by atoms with Gasteiger partial charge in [-0.25, -0.2) is 0 Å². The summed E-state index contributed by atoms with van der Waals surface area (Å²) in [7, 11) is 1.38. The minimum atomic E-state index is -0.523. The van der Waals surface area contributed by atoms with E-state index in [-0.39, 0.29) is 17.3 Å². The first-order valence-electron chi connectivity index (χ1n) is 5.76. The highest BCUT2D eigenvalue weighted by Gasteiger charge is 2.16. The third-order valence-corrected chi connectivity index (χ3v) is 3.25. The molecule has 0 bridgehead atoms. The first-order valence-corrected chi connectivity index (χ1v) is 7.29. The number of carbonyl (C=O) groups is 1. The van der Waals surface area contributed by atoms with Gasteiger partial charge in [-0.15, -0.1) is 0 Å². The Kier molecular flexibility index (Phi) is 6.54. The topological polar surface area (TPSA) is 81.5 Å². The van der Waals surface area contributed by atoms with E-state index in [1.165, 1.54) is 25.3 Å². The lowest BCUT2D eigenvalue weighted by atomic mass is 10.1. The molecular formula is C12H15IN2O4. The van der Waals surface area contributed by atoms with Crippen LogP contribution in [0, 0.1) is 10.1 Å². The van der Waals surface area contributed by atoms with Crippen LogP contribution in [0.5, 0.6) is 5.75 Å². The summed E-state index contributed by atoms with van der Waals surface area (Å²) in [6.07, 6.45) is 1.95. The maximum absolute atomic E-state index is 11.9. The molecule has 6 nitrogen and oxygen atoms in total. The van der Waals surface area contributed by atoms with Gasteiger partial charge in [0, 0.05) is 12.6 Å². The van der Waals surface area contributed by atoms with Gasteiger partial charge in [-0.3, -0.25) is 14.9 Å². The molecule has 1 amide bonds. The van der Waals surface area contributed by atoms with Crippen molar-refractivity contribution >= 4 is 34.2 Å². The van der Waals surface area contributed by atoms with Gasteiger partial charge in [0.05, 0.1) is 23.7 Å². The third-order valence-electron chi connectivity index (χ3n) is 2.49. The zero-order valence-corrected chi connectivity index (χ0v) is 12.7. The number of alkyl halides is 1. The maximum Gasteiger partial charge on any atom is 0.273 e. The molecule has 0 radical (unpaired) electrons. The largest absolute Gasteiger partial charge is 0.496 e. The molecule has 1 aromatic rings. The fraction of sp³-hybridized carbons (Fsp3) is 0.417. The van der Waals surface area contributed by atoms with Crippen molar-refractivity contribution in [1.29, 1.82) is 0 Å². The highest BCUT2D eigenvalue weighted by Crippen LogP contribution is 2.24. The summed E-state index contributed by atoms with van der Waals surface area (Å²) in [6.45, 7) is 0.585. The molecule has 0 unspecified atom stereocenters. The molecule has 0 saturated carbocycles. The number of nitro groups is 1. The predicted molar refractivity (Wildman–Crippen MR) is 80.1 cm³/mol. The normalized spacial score (nSPS) is 10.0. The zero-order valence-electron chi connectivity index (χ0n) is 10.5. The van der Waals surface area contributed by atoms with Crippen LogP contribution in [0.1, 0.15) is 23.2 Å². The number of non-ortho nitro benzene ring substituents is 1. The number of carbonyl (C=O) groups excluding carboxylic acids is 1. The second-order valence-corrected chi connectivity index (χ2v) is 4.87. The minimum Gasteiger partial charge on any atom is -0.496 e. The second kappa shape index (κ2) is 7.93. The molecule has 0 aliphatic carbocycles. The number of amides is 1. The smallest absolute Gasteiger partial charge is 0.273 e. The van der Waals surface area contributed by atoms with E-state index in [4.69, 9.17) is 4.74 Å². The Bertz CT molecular complexity index is 465. The number of hydrogen-bond acceptors (Lipinski definition) is 4. The molecule has 0 saturated heterocycles. The third kappa shape index (κ3) is 4.66. The fourth-order valence-electron chi connectivity index (χ4n) is 1.50. The van der Waals surface area contributed by atoms with Gasteiger partial charge in [-0.05, 0) is 23.3 Å². The Morgan fingerprint density at radius 3 is 2.79 bits per heavy atom. The summed E-state index contributed by atoms with van der Waals surface area (Å²) in [5.74, 6) is -0.0687. The summed E-state index contributed by atoms with van der Waals surface area (Å²) in [5.41, 5.74) is 0.209. The number of unbranched alkanes of at least 4 members (excludes halogenated alkanes) is 1. The van der Waals surface area contributed by atoms with Crippen LogP contribution < -0.4 is 10.1 Å². The highest BCUT2D eigenvalue weighted by atomic mass is 127. The van der Waals surface area contributed by atoms with Gasteiger partial charge in [0.1, 0.15) is 5.75 Å². The van der Waals surface area contributed by atoms with Gasteiger partial charge >= 0.3 is 0 Å². The average molecular weight is 378 g/mol. The Morgan fingerprint density at radius 1 is 1.47 bits per heavy atom. The van der Waals surface area contributed by atoms with E-state index in [9.17, 15) is 14.9 Å². The summed E-state index contributed by atoms with van der Waals surface area (Å²) < 4.78 is 6.07. The van der Waals surface area contributed by atoms with Crippen LogP contribution in [-0.2, 0) is 0 Å². The Balaban J connectivity index is 2.76. The van der Waals surface area contributed by atoms with Gasteiger partial charge in [-0.1, -0.05) is 22.6 Å². The Hall–Kier alpha value is -1.38. The average Bonchev–Trinajstić information content (AvgIpc) is 2.42. The van der Waals surface area contributed by atoms with E-state index in [1.54, 1.807) is 0 Å². The quantitative estimate of drug-likeness (QED) is 0.260. The van der Waals surface area contributed by atoms with E-state index in [1.807, 2.05) is 0 Å². The number of nitrogens with one attached hydrogen (secondary N) is 1. The number of halogens is 1. The van der Waals surface area contributed by atoms with Crippen molar-refractivity contribution in [3.05, 3.63) is 33.9 Å². The number of nitro benzene ring substituents is 1. The molecule has 1 rings (SSSR count). The van der Waals surface area contributed by atoms with Crippen molar-refractivity contribution < 1.29 is 14.5 Å². The van der Waals surface area contributed by atoms with Crippen molar-refractivity contribution in [2.24, 2.45) is 0 Å². The highest BCUT2D eigenvalue weighted by molar-refractivity contribution is 14.1. The second-order valence-electron chi connectivity index (χ2n) is 3.79. The standard InChI is InChI=1S/C12H15IN2O4/c1-19-11-8-9(15(17)18)4-5-10(11)12(16)14-7-3-2-6-13/h4-5,8H,2-3,6-7H2,1H3,(H,14,16).